The summed E-state index contributed by atoms with van der Waals surface area (Å²) in [5, 5.41) is 4.32. The number of hydrogen-bond acceptors (Lipinski definition) is 2. The van der Waals surface area contributed by atoms with Gasteiger partial charge in [-0.1, -0.05) is 24.6 Å². The highest BCUT2D eigenvalue weighted by atomic mass is 35.5. The first-order chi connectivity index (χ1) is 8.87. The van der Waals surface area contributed by atoms with E-state index in [4.69, 9.17) is 11.6 Å². The Morgan fingerprint density at radius 2 is 1.89 bits per heavy atom. The maximum absolute atomic E-state index is 6.39. The summed E-state index contributed by atoms with van der Waals surface area (Å²) in [6.45, 7) is 13.8. The maximum atomic E-state index is 6.39. The molecule has 1 aromatic rings. The Morgan fingerprint density at radius 3 is 2.37 bits per heavy atom. The smallest absolute Gasteiger partial charge is 0.0471 e. The van der Waals surface area contributed by atoms with Gasteiger partial charge in [0, 0.05) is 35.9 Å². The van der Waals surface area contributed by atoms with Gasteiger partial charge in [-0.15, -0.1) is 0 Å². The Kier molecular flexibility index (Phi) is 6.15. The summed E-state index contributed by atoms with van der Waals surface area (Å²) < 4.78 is 0. The van der Waals surface area contributed by atoms with E-state index in [1.165, 1.54) is 5.69 Å². The summed E-state index contributed by atoms with van der Waals surface area (Å²) in [7, 11) is 0. The van der Waals surface area contributed by atoms with Crippen molar-refractivity contribution < 1.29 is 0 Å². The van der Waals surface area contributed by atoms with Crippen LogP contribution < -0.4 is 10.2 Å². The highest BCUT2D eigenvalue weighted by molar-refractivity contribution is 6.31. The topological polar surface area (TPSA) is 15.3 Å². The van der Waals surface area contributed by atoms with Gasteiger partial charge >= 0.3 is 0 Å². The van der Waals surface area contributed by atoms with Gasteiger partial charge in [-0.25, -0.2) is 0 Å². The van der Waals surface area contributed by atoms with Crippen LogP contribution in [0.5, 0.6) is 0 Å². The Hall–Kier alpha value is -0.730. The number of halogens is 1. The molecule has 19 heavy (non-hydrogen) atoms. The van der Waals surface area contributed by atoms with Crippen LogP contribution in [0.2, 0.25) is 5.02 Å². The molecule has 0 radical (unpaired) electrons. The van der Waals surface area contributed by atoms with Crippen molar-refractivity contribution >= 4 is 17.3 Å². The monoisotopic (exact) mass is 282 g/mol. The first-order valence-corrected chi connectivity index (χ1v) is 7.53. The first-order valence-electron chi connectivity index (χ1n) is 7.15. The average molecular weight is 283 g/mol. The second-order valence-electron chi connectivity index (χ2n) is 5.96. The highest BCUT2D eigenvalue weighted by Gasteiger charge is 2.11. The lowest BCUT2D eigenvalue weighted by Crippen LogP contribution is -2.35. The van der Waals surface area contributed by atoms with Crippen molar-refractivity contribution in [2.24, 2.45) is 0 Å². The van der Waals surface area contributed by atoms with Gasteiger partial charge < -0.3 is 10.2 Å². The number of nitrogens with one attached hydrogen (secondary N) is 1. The maximum Gasteiger partial charge on any atom is 0.0471 e. The number of anilines is 1. The van der Waals surface area contributed by atoms with Gasteiger partial charge in [-0.2, -0.15) is 0 Å². The van der Waals surface area contributed by atoms with Gasteiger partial charge in [-0.3, -0.25) is 0 Å². The molecule has 0 aliphatic rings. The third-order valence-corrected chi connectivity index (χ3v) is 3.44. The standard InChI is InChI=1S/C16H27ClN2/c1-6-10-19(7-2)14-9-8-13(15(17)11-14)12-18-16(3,4)5/h8-9,11,18H,6-7,10,12H2,1-5H3. The minimum Gasteiger partial charge on any atom is -0.372 e. The number of benzene rings is 1. The fourth-order valence-electron chi connectivity index (χ4n) is 1.98. The molecule has 0 aliphatic carbocycles. The zero-order valence-electron chi connectivity index (χ0n) is 12.9. The fraction of sp³-hybridized carbons (Fsp3) is 0.625. The lowest BCUT2D eigenvalue weighted by molar-refractivity contribution is 0.424. The van der Waals surface area contributed by atoms with Gasteiger partial charge in [0.1, 0.15) is 0 Å². The summed E-state index contributed by atoms with van der Waals surface area (Å²) in [6, 6.07) is 6.39. The molecule has 1 aromatic carbocycles. The van der Waals surface area contributed by atoms with E-state index in [0.29, 0.717) is 0 Å². The molecule has 0 aromatic heterocycles. The molecule has 0 saturated carbocycles. The van der Waals surface area contributed by atoms with Crippen molar-refractivity contribution in [1.82, 2.24) is 5.32 Å². The Bertz CT molecular complexity index is 396. The van der Waals surface area contributed by atoms with Crippen molar-refractivity contribution in [2.75, 3.05) is 18.0 Å². The number of nitrogens with zero attached hydrogens (tertiary/aromatic N) is 1. The van der Waals surface area contributed by atoms with Gasteiger partial charge in [0.05, 0.1) is 0 Å². The SMILES string of the molecule is CCCN(CC)c1ccc(CNC(C)(C)C)c(Cl)c1. The van der Waals surface area contributed by atoms with E-state index in [1.54, 1.807) is 0 Å². The zero-order chi connectivity index (χ0) is 14.5. The van der Waals surface area contributed by atoms with Crippen molar-refractivity contribution in [1.29, 1.82) is 0 Å². The summed E-state index contributed by atoms with van der Waals surface area (Å²) in [5.41, 5.74) is 2.49. The van der Waals surface area contributed by atoms with E-state index in [1.807, 2.05) is 0 Å². The van der Waals surface area contributed by atoms with Crippen LogP contribution in [0.1, 0.15) is 46.6 Å². The fourth-order valence-corrected chi connectivity index (χ4v) is 2.22. The summed E-state index contributed by atoms with van der Waals surface area (Å²) in [4.78, 5) is 2.35. The van der Waals surface area contributed by atoms with E-state index < -0.39 is 0 Å². The van der Waals surface area contributed by atoms with Crippen molar-refractivity contribution in [3.05, 3.63) is 28.8 Å². The van der Waals surface area contributed by atoms with Crippen LogP contribution in [0, 0.1) is 0 Å². The van der Waals surface area contributed by atoms with Crippen LogP contribution in [0.4, 0.5) is 5.69 Å². The third-order valence-electron chi connectivity index (χ3n) is 3.09. The van der Waals surface area contributed by atoms with Crippen LogP contribution in [0.3, 0.4) is 0 Å². The van der Waals surface area contributed by atoms with E-state index >= 15 is 0 Å². The molecule has 0 unspecified atom stereocenters. The first kappa shape index (κ1) is 16.3. The van der Waals surface area contributed by atoms with Gasteiger partial charge in [-0.05, 0) is 51.8 Å². The molecule has 0 atom stereocenters. The molecule has 108 valence electrons. The summed E-state index contributed by atoms with van der Waals surface area (Å²) in [5.74, 6) is 0. The molecule has 2 nitrogen and oxygen atoms in total. The Morgan fingerprint density at radius 1 is 1.21 bits per heavy atom. The van der Waals surface area contributed by atoms with Crippen LogP contribution in [0.25, 0.3) is 0 Å². The summed E-state index contributed by atoms with van der Waals surface area (Å²) >= 11 is 6.39. The van der Waals surface area contributed by atoms with Crippen LogP contribution >= 0.6 is 11.6 Å². The zero-order valence-corrected chi connectivity index (χ0v) is 13.6. The Labute approximate surface area is 123 Å². The molecule has 1 rings (SSSR count). The van der Waals surface area contributed by atoms with E-state index in [0.717, 1.165) is 36.6 Å². The van der Waals surface area contributed by atoms with Crippen LogP contribution in [-0.4, -0.2) is 18.6 Å². The summed E-state index contributed by atoms with van der Waals surface area (Å²) in [6.07, 6.45) is 1.15. The third kappa shape index (κ3) is 5.42. The van der Waals surface area contributed by atoms with Gasteiger partial charge in [0.25, 0.3) is 0 Å². The molecule has 3 heteroatoms. The molecular formula is C16H27ClN2. The molecule has 0 spiro atoms. The quantitative estimate of drug-likeness (QED) is 0.828. The van der Waals surface area contributed by atoms with E-state index in [-0.39, 0.29) is 5.54 Å². The second-order valence-corrected chi connectivity index (χ2v) is 6.37. The molecule has 0 bridgehead atoms. The number of rotatable bonds is 6. The van der Waals surface area contributed by atoms with Gasteiger partial charge in [0.2, 0.25) is 0 Å². The normalized spacial score (nSPS) is 11.7. The minimum atomic E-state index is 0.111. The lowest BCUT2D eigenvalue weighted by atomic mass is 10.1. The van der Waals surface area contributed by atoms with E-state index in [9.17, 15) is 0 Å². The molecular weight excluding hydrogens is 256 g/mol. The minimum absolute atomic E-state index is 0.111. The van der Waals surface area contributed by atoms with E-state index in [2.05, 4.69) is 63.0 Å². The van der Waals surface area contributed by atoms with Crippen molar-refractivity contribution in [2.45, 2.75) is 53.1 Å². The van der Waals surface area contributed by atoms with Crippen molar-refractivity contribution in [3.8, 4) is 0 Å². The molecule has 0 fully saturated rings. The second kappa shape index (κ2) is 7.16. The largest absolute Gasteiger partial charge is 0.372 e. The predicted octanol–water partition coefficient (Wildman–Crippen LogP) is 4.46. The molecule has 0 saturated heterocycles. The molecule has 0 aliphatic heterocycles. The predicted molar refractivity (Wildman–Crippen MR) is 86.2 cm³/mol. The Balaban J connectivity index is 2.79. The molecule has 0 amide bonds. The molecule has 1 N–H and O–H groups in total. The van der Waals surface area contributed by atoms with Crippen LogP contribution in [0.15, 0.2) is 18.2 Å². The lowest BCUT2D eigenvalue weighted by Gasteiger charge is -2.24. The number of hydrogen-bond donors (Lipinski definition) is 1. The van der Waals surface area contributed by atoms with Crippen molar-refractivity contribution in [3.63, 3.8) is 0 Å². The average Bonchev–Trinajstić information content (AvgIpc) is 2.33. The highest BCUT2D eigenvalue weighted by Crippen LogP contribution is 2.24. The van der Waals surface area contributed by atoms with Crippen LogP contribution in [-0.2, 0) is 6.54 Å². The molecule has 0 heterocycles. The van der Waals surface area contributed by atoms with Gasteiger partial charge in [0.15, 0.2) is 0 Å².